The molecule has 1 amide bonds. The van der Waals surface area contributed by atoms with Crippen LogP contribution in [0.25, 0.3) is 0 Å². The molecule has 2 heterocycles. The minimum absolute atomic E-state index is 0.0545. The summed E-state index contributed by atoms with van der Waals surface area (Å²) in [4.78, 5) is 26.0. The van der Waals surface area contributed by atoms with E-state index in [0.717, 1.165) is 53.1 Å². The first kappa shape index (κ1) is 19.7. The first-order chi connectivity index (χ1) is 12.7. The summed E-state index contributed by atoms with van der Waals surface area (Å²) >= 11 is 13.5. The summed E-state index contributed by atoms with van der Waals surface area (Å²) in [5, 5.41) is 13.2. The molecule has 0 saturated heterocycles. The number of nitrogens with one attached hydrogen (secondary N) is 1. The van der Waals surface area contributed by atoms with Gasteiger partial charge in [-0.2, -0.15) is 0 Å². The molecule has 0 atom stereocenters. The quantitative estimate of drug-likeness (QED) is 0.439. The van der Waals surface area contributed by atoms with Crippen molar-refractivity contribution >= 4 is 72.4 Å². The lowest BCUT2D eigenvalue weighted by molar-refractivity contribution is -0.384. The number of nitrogens with zero attached hydrogens (tertiary/aromatic N) is 2. The molecule has 13 heteroatoms. The zero-order valence-corrected chi connectivity index (χ0v) is 16.8. The fourth-order valence-electron chi connectivity index (χ4n) is 1.96. The lowest BCUT2D eigenvalue weighted by Crippen LogP contribution is -2.10. The molecule has 0 aliphatic rings. The normalized spacial score (nSPS) is 11.3. The van der Waals surface area contributed by atoms with E-state index in [1.54, 1.807) is 0 Å². The molecular formula is C14H7Cl2N3O5S3. The molecule has 140 valence electrons. The van der Waals surface area contributed by atoms with Gasteiger partial charge in [0.2, 0.25) is 9.84 Å². The molecule has 3 aromatic rings. The maximum atomic E-state index is 12.6. The fraction of sp³-hybridized carbons (Fsp3) is 0. The average Bonchev–Trinajstić information content (AvgIpc) is 3.21. The van der Waals surface area contributed by atoms with E-state index in [0.29, 0.717) is 4.34 Å². The second kappa shape index (κ2) is 7.52. The molecule has 0 spiro atoms. The monoisotopic (exact) mass is 463 g/mol. The van der Waals surface area contributed by atoms with Crippen LogP contribution in [0, 0.1) is 10.1 Å². The lowest BCUT2D eigenvalue weighted by Gasteiger charge is -2.01. The minimum atomic E-state index is -3.93. The van der Waals surface area contributed by atoms with E-state index in [4.69, 9.17) is 23.2 Å². The Kier molecular flexibility index (Phi) is 5.49. The van der Waals surface area contributed by atoms with Crippen LogP contribution in [0.15, 0.2) is 45.6 Å². The van der Waals surface area contributed by atoms with Crippen molar-refractivity contribution in [2.45, 2.75) is 9.10 Å². The van der Waals surface area contributed by atoms with Gasteiger partial charge in [-0.25, -0.2) is 13.4 Å². The summed E-state index contributed by atoms with van der Waals surface area (Å²) in [6.45, 7) is 0. The molecule has 0 aliphatic heterocycles. The average molecular weight is 464 g/mol. The molecular weight excluding hydrogens is 457 g/mol. The van der Waals surface area contributed by atoms with Gasteiger partial charge in [0, 0.05) is 12.1 Å². The van der Waals surface area contributed by atoms with Gasteiger partial charge in [-0.05, 0) is 18.2 Å². The maximum Gasteiger partial charge on any atom is 0.269 e. The van der Waals surface area contributed by atoms with Crippen LogP contribution in [0.4, 0.5) is 10.8 Å². The van der Waals surface area contributed by atoms with Gasteiger partial charge >= 0.3 is 0 Å². The Morgan fingerprint density at radius 3 is 2.41 bits per heavy atom. The third kappa shape index (κ3) is 4.12. The zero-order chi connectivity index (χ0) is 19.8. The SMILES string of the molecule is O=C(Nc1ncc(S(=O)(=O)c2ccc([N+](=O)[O-])cc2)s1)c1cc(Cl)sc1Cl. The van der Waals surface area contributed by atoms with Crippen molar-refractivity contribution in [3.63, 3.8) is 0 Å². The van der Waals surface area contributed by atoms with Gasteiger partial charge in [-0.1, -0.05) is 34.5 Å². The molecule has 1 N–H and O–H groups in total. The predicted molar refractivity (Wildman–Crippen MR) is 103 cm³/mol. The van der Waals surface area contributed by atoms with Gasteiger partial charge in [0.1, 0.15) is 8.55 Å². The van der Waals surface area contributed by atoms with Gasteiger partial charge in [-0.15, -0.1) is 11.3 Å². The van der Waals surface area contributed by atoms with E-state index in [9.17, 15) is 23.3 Å². The zero-order valence-electron chi connectivity index (χ0n) is 12.9. The van der Waals surface area contributed by atoms with Crippen LogP contribution in [0.2, 0.25) is 8.67 Å². The molecule has 0 bridgehead atoms. The first-order valence-corrected chi connectivity index (χ1v) is 10.8. The van der Waals surface area contributed by atoms with E-state index < -0.39 is 20.7 Å². The first-order valence-electron chi connectivity index (χ1n) is 6.90. The Balaban J connectivity index is 1.83. The molecule has 0 aliphatic carbocycles. The number of thiophene rings is 1. The smallest absolute Gasteiger partial charge is 0.269 e. The number of thiazole rings is 1. The molecule has 0 fully saturated rings. The van der Waals surface area contributed by atoms with Crippen molar-refractivity contribution in [1.29, 1.82) is 0 Å². The molecule has 1 aromatic carbocycles. The van der Waals surface area contributed by atoms with E-state index in [1.807, 2.05) is 0 Å². The molecule has 3 rings (SSSR count). The standard InChI is InChI=1S/C14H7Cl2N3O5S3/c15-10-5-9(12(16)25-10)13(20)18-14-17-6-11(26-14)27(23,24)8-3-1-7(2-4-8)19(21)22/h1-6H,(H,17,18,20). The Hall–Kier alpha value is -2.05. The van der Waals surface area contributed by atoms with Crippen molar-refractivity contribution in [3.8, 4) is 0 Å². The highest BCUT2D eigenvalue weighted by molar-refractivity contribution is 7.93. The summed E-state index contributed by atoms with van der Waals surface area (Å²) in [6, 6.07) is 5.86. The molecule has 2 aromatic heterocycles. The lowest BCUT2D eigenvalue weighted by atomic mass is 10.3. The number of carbonyl (C=O) groups excluding carboxylic acids is 1. The molecule has 0 radical (unpaired) electrons. The van der Waals surface area contributed by atoms with Gasteiger partial charge in [0.25, 0.3) is 11.6 Å². The number of rotatable bonds is 5. The highest BCUT2D eigenvalue weighted by atomic mass is 35.5. The molecule has 0 unspecified atom stereocenters. The summed E-state index contributed by atoms with van der Waals surface area (Å²) in [5.74, 6) is -0.572. The topological polar surface area (TPSA) is 119 Å². The van der Waals surface area contributed by atoms with Crippen molar-refractivity contribution in [3.05, 3.63) is 60.9 Å². The number of nitro benzene ring substituents is 1. The summed E-state index contributed by atoms with van der Waals surface area (Å²) < 4.78 is 25.6. The second-order valence-corrected chi connectivity index (χ2v) is 10.4. The highest BCUT2D eigenvalue weighted by Crippen LogP contribution is 2.33. The number of hydrogen-bond donors (Lipinski definition) is 1. The third-order valence-corrected chi connectivity index (χ3v) is 7.86. The fourth-order valence-corrected chi connectivity index (χ4v) is 5.85. The van der Waals surface area contributed by atoms with Crippen molar-refractivity contribution in [1.82, 2.24) is 4.98 Å². The number of hydrogen-bond acceptors (Lipinski definition) is 8. The number of anilines is 1. The number of nitro groups is 1. The Labute approximate surface area is 170 Å². The van der Waals surface area contributed by atoms with Gasteiger partial charge < -0.3 is 0 Å². The number of sulfone groups is 1. The van der Waals surface area contributed by atoms with Crippen LogP contribution in [0.1, 0.15) is 10.4 Å². The van der Waals surface area contributed by atoms with Crippen molar-refractivity contribution in [2.75, 3.05) is 5.32 Å². The van der Waals surface area contributed by atoms with Crippen molar-refractivity contribution in [2.24, 2.45) is 0 Å². The van der Waals surface area contributed by atoms with Crippen LogP contribution in [-0.4, -0.2) is 24.2 Å². The van der Waals surface area contributed by atoms with E-state index in [1.165, 1.54) is 6.07 Å². The third-order valence-electron chi connectivity index (χ3n) is 3.23. The number of non-ortho nitro benzene ring substituents is 1. The van der Waals surface area contributed by atoms with Gasteiger partial charge in [0.15, 0.2) is 5.13 Å². The maximum absolute atomic E-state index is 12.6. The van der Waals surface area contributed by atoms with Crippen LogP contribution < -0.4 is 5.32 Å². The summed E-state index contributed by atoms with van der Waals surface area (Å²) in [7, 11) is -3.93. The number of aromatic nitrogens is 1. The Bertz CT molecular complexity index is 1140. The van der Waals surface area contributed by atoms with Crippen LogP contribution >= 0.6 is 45.9 Å². The van der Waals surface area contributed by atoms with Crippen LogP contribution in [-0.2, 0) is 9.84 Å². The molecule has 8 nitrogen and oxygen atoms in total. The minimum Gasteiger partial charge on any atom is -0.298 e. The largest absolute Gasteiger partial charge is 0.298 e. The van der Waals surface area contributed by atoms with Gasteiger partial charge in [-0.3, -0.25) is 20.2 Å². The van der Waals surface area contributed by atoms with E-state index in [2.05, 4.69) is 10.3 Å². The van der Waals surface area contributed by atoms with E-state index in [-0.39, 0.29) is 29.8 Å². The Morgan fingerprint density at radius 1 is 1.19 bits per heavy atom. The highest BCUT2D eigenvalue weighted by Gasteiger charge is 2.23. The number of amides is 1. The predicted octanol–water partition coefficient (Wildman–Crippen LogP) is 4.50. The molecule has 27 heavy (non-hydrogen) atoms. The second-order valence-electron chi connectivity index (χ2n) is 4.93. The molecule has 0 saturated carbocycles. The van der Waals surface area contributed by atoms with Crippen LogP contribution in [0.5, 0.6) is 0 Å². The van der Waals surface area contributed by atoms with Crippen LogP contribution in [0.3, 0.4) is 0 Å². The number of benzene rings is 1. The van der Waals surface area contributed by atoms with E-state index >= 15 is 0 Å². The van der Waals surface area contributed by atoms with Crippen molar-refractivity contribution < 1.29 is 18.1 Å². The summed E-state index contributed by atoms with van der Waals surface area (Å²) in [6.07, 6.45) is 1.10. The Morgan fingerprint density at radius 2 is 1.85 bits per heavy atom. The number of carbonyl (C=O) groups is 1. The number of halogens is 2. The van der Waals surface area contributed by atoms with Gasteiger partial charge in [0.05, 0.1) is 25.9 Å². The summed E-state index contributed by atoms with van der Waals surface area (Å²) in [5.41, 5.74) is -0.0702.